The molecule has 3 rings (SSSR count). The highest BCUT2D eigenvalue weighted by atomic mass is 19.1. The van der Waals surface area contributed by atoms with Gasteiger partial charge in [-0.15, -0.1) is 0 Å². The van der Waals surface area contributed by atoms with Crippen LogP contribution in [0.3, 0.4) is 0 Å². The number of benzene rings is 2. The van der Waals surface area contributed by atoms with E-state index >= 15 is 0 Å². The summed E-state index contributed by atoms with van der Waals surface area (Å²) in [7, 11) is 0. The first-order chi connectivity index (χ1) is 14.1. The molecule has 1 amide bonds. The summed E-state index contributed by atoms with van der Waals surface area (Å²) in [6, 6.07) is 18.3. The highest BCUT2D eigenvalue weighted by Crippen LogP contribution is 2.28. The van der Waals surface area contributed by atoms with Crippen molar-refractivity contribution < 1.29 is 23.8 Å². The molecule has 0 unspecified atom stereocenters. The van der Waals surface area contributed by atoms with E-state index in [1.54, 1.807) is 0 Å². The number of rotatable bonds is 8. The second-order valence-electron chi connectivity index (χ2n) is 7.07. The number of aliphatic hydroxyl groups excluding tert-OH is 1. The summed E-state index contributed by atoms with van der Waals surface area (Å²) >= 11 is 0. The second kappa shape index (κ2) is 10.3. The quantitative estimate of drug-likeness (QED) is 0.670. The van der Waals surface area contributed by atoms with E-state index in [1.165, 1.54) is 13.0 Å². The van der Waals surface area contributed by atoms with E-state index < -0.39 is 31.0 Å². The van der Waals surface area contributed by atoms with Crippen molar-refractivity contribution in [3.05, 3.63) is 83.4 Å². The topological polar surface area (TPSA) is 67.8 Å². The first kappa shape index (κ1) is 21.2. The van der Waals surface area contributed by atoms with Crippen LogP contribution in [0.4, 0.5) is 4.39 Å². The van der Waals surface area contributed by atoms with Crippen LogP contribution in [0.5, 0.6) is 0 Å². The number of amides is 1. The van der Waals surface area contributed by atoms with E-state index in [9.17, 15) is 14.3 Å². The molecule has 0 aromatic heterocycles. The lowest BCUT2D eigenvalue weighted by Gasteiger charge is -2.39. The van der Waals surface area contributed by atoms with Crippen molar-refractivity contribution in [2.75, 3.05) is 6.67 Å². The van der Waals surface area contributed by atoms with E-state index in [0.717, 1.165) is 11.1 Å². The summed E-state index contributed by atoms with van der Waals surface area (Å²) in [5, 5.41) is 13.5. The van der Waals surface area contributed by atoms with E-state index in [2.05, 4.69) is 5.32 Å². The fourth-order valence-corrected chi connectivity index (χ4v) is 3.42. The lowest BCUT2D eigenvalue weighted by molar-refractivity contribution is -0.136. The van der Waals surface area contributed by atoms with E-state index in [-0.39, 0.29) is 19.1 Å². The Kier molecular flexibility index (Phi) is 7.52. The molecule has 4 atom stereocenters. The smallest absolute Gasteiger partial charge is 0.217 e. The molecule has 29 heavy (non-hydrogen) atoms. The fourth-order valence-electron chi connectivity index (χ4n) is 3.42. The van der Waals surface area contributed by atoms with Crippen LogP contribution in [0.25, 0.3) is 0 Å². The van der Waals surface area contributed by atoms with Gasteiger partial charge in [-0.25, -0.2) is 4.39 Å². The number of ether oxygens (including phenoxy) is 2. The minimum absolute atomic E-state index is 0.236. The van der Waals surface area contributed by atoms with Gasteiger partial charge in [0.15, 0.2) is 0 Å². The molecule has 0 saturated carbocycles. The Morgan fingerprint density at radius 1 is 1.00 bits per heavy atom. The number of aliphatic hydroxyl groups is 1. The summed E-state index contributed by atoms with van der Waals surface area (Å²) in [5.74, 6) is -0.311. The lowest BCUT2D eigenvalue weighted by atomic mass is 9.88. The molecule has 0 heterocycles. The Bertz CT molecular complexity index is 812. The molecule has 0 radical (unpaired) electrons. The van der Waals surface area contributed by atoms with Gasteiger partial charge >= 0.3 is 0 Å². The number of carbonyl (C=O) groups excluding carboxylic acids is 1. The molecule has 2 N–H and O–H groups in total. The number of hydrogen-bond acceptors (Lipinski definition) is 4. The van der Waals surface area contributed by atoms with Crippen LogP contribution in [-0.4, -0.2) is 42.0 Å². The van der Waals surface area contributed by atoms with Crippen LogP contribution in [-0.2, 0) is 27.5 Å². The molecule has 1 aliphatic rings. The highest BCUT2D eigenvalue weighted by molar-refractivity contribution is 5.73. The van der Waals surface area contributed by atoms with Gasteiger partial charge < -0.3 is 19.9 Å². The standard InChI is InChI=1S/C23H26FNO4/c1-16(26)25-20-12-19(13-24)22(28-14-17-8-4-2-5-9-17)23(21(20)27)29-15-18-10-6-3-7-11-18/h2-12,20-23,27H,13-15H2,1H3,(H,25,26)/t20-,21+,22+,23+/m0/s1. The van der Waals surface area contributed by atoms with Crippen LogP contribution in [0.15, 0.2) is 72.3 Å². The number of carbonyl (C=O) groups is 1. The molecule has 154 valence electrons. The minimum Gasteiger partial charge on any atom is -0.388 e. The Labute approximate surface area is 170 Å². The largest absolute Gasteiger partial charge is 0.388 e. The SMILES string of the molecule is CC(=O)N[C@H]1C=C(CF)[C@@H](OCc2ccccc2)[C@H](OCc2ccccc2)[C@@H]1O. The van der Waals surface area contributed by atoms with Crippen molar-refractivity contribution in [2.45, 2.75) is 44.5 Å². The molecule has 2 aromatic carbocycles. The molecule has 2 aromatic rings. The fraction of sp³-hybridized carbons (Fsp3) is 0.348. The van der Waals surface area contributed by atoms with Crippen LogP contribution in [0.2, 0.25) is 0 Å². The zero-order chi connectivity index (χ0) is 20.6. The monoisotopic (exact) mass is 399 g/mol. The number of nitrogens with one attached hydrogen (secondary N) is 1. The lowest BCUT2D eigenvalue weighted by Crippen LogP contribution is -2.56. The third-order valence-electron chi connectivity index (χ3n) is 4.84. The summed E-state index contributed by atoms with van der Waals surface area (Å²) in [6.45, 7) is 1.09. The van der Waals surface area contributed by atoms with Gasteiger partial charge in [0, 0.05) is 6.92 Å². The first-order valence-corrected chi connectivity index (χ1v) is 9.61. The normalized spacial score (nSPS) is 24.0. The third-order valence-corrected chi connectivity index (χ3v) is 4.84. The van der Waals surface area contributed by atoms with Crippen molar-refractivity contribution >= 4 is 5.91 Å². The molecule has 0 fully saturated rings. The molecule has 0 saturated heterocycles. The Hall–Kier alpha value is -2.54. The summed E-state index contributed by atoms with van der Waals surface area (Å²) in [6.07, 6.45) is -1.13. The second-order valence-corrected chi connectivity index (χ2v) is 7.07. The number of halogens is 1. The molecule has 6 heteroatoms. The first-order valence-electron chi connectivity index (χ1n) is 9.61. The van der Waals surface area contributed by atoms with E-state index in [0.29, 0.717) is 5.57 Å². The van der Waals surface area contributed by atoms with Gasteiger partial charge in [-0.3, -0.25) is 4.79 Å². The van der Waals surface area contributed by atoms with Crippen molar-refractivity contribution in [1.29, 1.82) is 0 Å². The Morgan fingerprint density at radius 3 is 2.07 bits per heavy atom. The number of alkyl halides is 1. The van der Waals surface area contributed by atoms with Crippen molar-refractivity contribution in [1.82, 2.24) is 5.32 Å². The van der Waals surface area contributed by atoms with E-state index in [1.807, 2.05) is 60.7 Å². The van der Waals surface area contributed by atoms with Crippen molar-refractivity contribution in [3.8, 4) is 0 Å². The van der Waals surface area contributed by atoms with Gasteiger partial charge in [0.05, 0.1) is 19.3 Å². The molecule has 1 aliphatic carbocycles. The van der Waals surface area contributed by atoms with Gasteiger partial charge in [-0.2, -0.15) is 0 Å². The predicted molar refractivity (Wildman–Crippen MR) is 108 cm³/mol. The number of hydrogen-bond donors (Lipinski definition) is 2. The van der Waals surface area contributed by atoms with Gasteiger partial charge in [0.1, 0.15) is 25.0 Å². The third kappa shape index (κ3) is 5.73. The summed E-state index contributed by atoms with van der Waals surface area (Å²) in [4.78, 5) is 11.5. The maximum Gasteiger partial charge on any atom is 0.217 e. The summed E-state index contributed by atoms with van der Waals surface area (Å²) < 4.78 is 25.8. The van der Waals surface area contributed by atoms with E-state index in [4.69, 9.17) is 9.47 Å². The Balaban J connectivity index is 1.80. The van der Waals surface area contributed by atoms with Crippen molar-refractivity contribution in [3.63, 3.8) is 0 Å². The zero-order valence-electron chi connectivity index (χ0n) is 16.3. The molecule has 0 spiro atoms. The van der Waals surface area contributed by atoms with Crippen LogP contribution in [0, 0.1) is 0 Å². The minimum atomic E-state index is -1.07. The van der Waals surface area contributed by atoms with Crippen LogP contribution >= 0.6 is 0 Å². The molecular formula is C23H26FNO4. The molecular weight excluding hydrogens is 373 g/mol. The molecule has 0 bridgehead atoms. The van der Waals surface area contributed by atoms with Gasteiger partial charge in [-0.05, 0) is 16.7 Å². The zero-order valence-corrected chi connectivity index (χ0v) is 16.3. The maximum atomic E-state index is 13.8. The van der Waals surface area contributed by atoms with Gasteiger partial charge in [0.25, 0.3) is 0 Å². The highest BCUT2D eigenvalue weighted by Gasteiger charge is 2.41. The average molecular weight is 399 g/mol. The Morgan fingerprint density at radius 2 is 1.55 bits per heavy atom. The van der Waals surface area contributed by atoms with Crippen LogP contribution in [0.1, 0.15) is 18.1 Å². The van der Waals surface area contributed by atoms with Crippen molar-refractivity contribution in [2.24, 2.45) is 0 Å². The van der Waals surface area contributed by atoms with Gasteiger partial charge in [-0.1, -0.05) is 66.7 Å². The average Bonchev–Trinajstić information content (AvgIpc) is 2.74. The summed E-state index contributed by atoms with van der Waals surface area (Å²) in [5.41, 5.74) is 2.21. The van der Waals surface area contributed by atoms with Crippen LogP contribution < -0.4 is 5.32 Å². The maximum absolute atomic E-state index is 13.8. The molecule has 0 aliphatic heterocycles. The predicted octanol–water partition coefficient (Wildman–Crippen LogP) is 2.93. The molecule has 5 nitrogen and oxygen atoms in total. The van der Waals surface area contributed by atoms with Gasteiger partial charge in [0.2, 0.25) is 5.91 Å².